The summed E-state index contributed by atoms with van der Waals surface area (Å²) >= 11 is 0. The van der Waals surface area contributed by atoms with Gasteiger partial charge >= 0.3 is 0 Å². The fraction of sp³-hybridized carbons (Fsp3) is 0.0526. The third-order valence-corrected chi connectivity index (χ3v) is 3.70. The van der Waals surface area contributed by atoms with Gasteiger partial charge in [0.15, 0.2) is 0 Å². The molecule has 0 aliphatic carbocycles. The molecular formula is C19H15N3O. The molecule has 0 spiro atoms. The lowest BCUT2D eigenvalue weighted by molar-refractivity contribution is 0.310. The van der Waals surface area contributed by atoms with Crippen LogP contribution in [0.3, 0.4) is 0 Å². The summed E-state index contributed by atoms with van der Waals surface area (Å²) in [6.07, 6.45) is 5.45. The van der Waals surface area contributed by atoms with Gasteiger partial charge in [0.2, 0.25) is 5.95 Å². The van der Waals surface area contributed by atoms with Crippen molar-refractivity contribution in [1.82, 2.24) is 14.5 Å². The van der Waals surface area contributed by atoms with E-state index in [0.717, 1.165) is 22.2 Å². The molecule has 23 heavy (non-hydrogen) atoms. The van der Waals surface area contributed by atoms with Crippen molar-refractivity contribution in [3.05, 3.63) is 84.8 Å². The molecule has 2 aromatic carbocycles. The predicted octanol–water partition coefficient (Wildman–Crippen LogP) is 4.00. The first-order valence-corrected chi connectivity index (χ1v) is 7.46. The summed E-state index contributed by atoms with van der Waals surface area (Å²) in [6, 6.07) is 20.0. The minimum atomic E-state index is 0.549. The van der Waals surface area contributed by atoms with Crippen molar-refractivity contribution in [2.75, 3.05) is 0 Å². The number of benzene rings is 2. The first-order valence-electron chi connectivity index (χ1n) is 7.46. The van der Waals surface area contributed by atoms with E-state index in [1.807, 2.05) is 59.3 Å². The van der Waals surface area contributed by atoms with Crippen molar-refractivity contribution in [3.63, 3.8) is 0 Å². The Bertz CT molecular complexity index is 917. The van der Waals surface area contributed by atoms with Crippen LogP contribution < -0.4 is 4.74 Å². The molecule has 2 aromatic heterocycles. The highest BCUT2D eigenvalue weighted by atomic mass is 16.5. The highest BCUT2D eigenvalue weighted by Crippen LogP contribution is 2.28. The van der Waals surface area contributed by atoms with Crippen LogP contribution in [0.15, 0.2) is 79.3 Å². The van der Waals surface area contributed by atoms with Crippen LogP contribution in [0.1, 0.15) is 5.56 Å². The predicted molar refractivity (Wildman–Crippen MR) is 89.6 cm³/mol. The molecule has 0 radical (unpaired) electrons. The molecule has 0 bridgehead atoms. The van der Waals surface area contributed by atoms with Crippen LogP contribution in [0.2, 0.25) is 0 Å². The number of ether oxygens (including phenoxy) is 1. The second-order valence-corrected chi connectivity index (χ2v) is 5.20. The molecule has 0 aliphatic rings. The molecule has 0 aliphatic heterocycles. The number of rotatable bonds is 4. The third kappa shape index (κ3) is 2.66. The number of nitrogens with zero attached hydrogens (tertiary/aromatic N) is 3. The fourth-order valence-electron chi connectivity index (χ4n) is 2.59. The Balaban J connectivity index is 1.68. The summed E-state index contributed by atoms with van der Waals surface area (Å²) in [7, 11) is 0. The standard InChI is InChI=1S/C19H15N3O/c1-2-6-15(7-3-1)14-23-18-9-4-8-17-16(18)10-13-22(17)19-20-11-5-12-21-19/h1-13H,14H2. The molecule has 2 heterocycles. The Hall–Kier alpha value is -3.14. The van der Waals surface area contributed by atoms with E-state index in [0.29, 0.717) is 12.6 Å². The summed E-state index contributed by atoms with van der Waals surface area (Å²) in [6.45, 7) is 0.549. The zero-order valence-electron chi connectivity index (χ0n) is 12.5. The number of aromatic nitrogens is 3. The molecule has 0 amide bonds. The van der Waals surface area contributed by atoms with Crippen LogP contribution in [0.4, 0.5) is 0 Å². The van der Waals surface area contributed by atoms with Gasteiger partial charge in [0, 0.05) is 24.0 Å². The fourth-order valence-corrected chi connectivity index (χ4v) is 2.59. The van der Waals surface area contributed by atoms with Crippen LogP contribution in [-0.2, 0) is 6.61 Å². The molecule has 112 valence electrons. The second-order valence-electron chi connectivity index (χ2n) is 5.20. The van der Waals surface area contributed by atoms with Crippen molar-refractivity contribution in [1.29, 1.82) is 0 Å². The van der Waals surface area contributed by atoms with E-state index in [1.165, 1.54) is 0 Å². The zero-order chi connectivity index (χ0) is 15.5. The van der Waals surface area contributed by atoms with Gasteiger partial charge in [0.1, 0.15) is 12.4 Å². The molecule has 4 rings (SSSR count). The van der Waals surface area contributed by atoms with Gasteiger partial charge in [0.25, 0.3) is 0 Å². The van der Waals surface area contributed by atoms with Gasteiger partial charge in [-0.2, -0.15) is 0 Å². The molecule has 4 aromatic rings. The Labute approximate surface area is 134 Å². The average molecular weight is 301 g/mol. The van der Waals surface area contributed by atoms with Crippen LogP contribution in [0, 0.1) is 0 Å². The molecule has 0 saturated heterocycles. The molecule has 0 atom stereocenters. The van der Waals surface area contributed by atoms with Crippen molar-refractivity contribution < 1.29 is 4.74 Å². The Morgan fingerprint density at radius 1 is 0.826 bits per heavy atom. The Kier molecular flexibility index (Phi) is 3.48. The van der Waals surface area contributed by atoms with Crippen LogP contribution in [0.5, 0.6) is 5.75 Å². The van der Waals surface area contributed by atoms with Crippen molar-refractivity contribution in [2.24, 2.45) is 0 Å². The number of hydrogen-bond acceptors (Lipinski definition) is 3. The van der Waals surface area contributed by atoms with Crippen molar-refractivity contribution in [2.45, 2.75) is 6.61 Å². The van der Waals surface area contributed by atoms with Gasteiger partial charge in [0.05, 0.1) is 5.52 Å². The van der Waals surface area contributed by atoms with E-state index in [9.17, 15) is 0 Å². The van der Waals surface area contributed by atoms with E-state index < -0.39 is 0 Å². The lowest BCUT2D eigenvalue weighted by atomic mass is 10.2. The number of hydrogen-bond donors (Lipinski definition) is 0. The van der Waals surface area contributed by atoms with Crippen LogP contribution in [0.25, 0.3) is 16.9 Å². The van der Waals surface area contributed by atoms with E-state index in [1.54, 1.807) is 12.4 Å². The summed E-state index contributed by atoms with van der Waals surface area (Å²) < 4.78 is 7.96. The molecule has 0 unspecified atom stereocenters. The summed E-state index contributed by atoms with van der Waals surface area (Å²) in [5.74, 6) is 1.52. The Morgan fingerprint density at radius 2 is 1.65 bits per heavy atom. The third-order valence-electron chi connectivity index (χ3n) is 3.70. The zero-order valence-corrected chi connectivity index (χ0v) is 12.5. The SMILES string of the molecule is c1ccc(COc2cccc3c2ccn3-c2ncccn2)cc1. The molecule has 4 nitrogen and oxygen atoms in total. The van der Waals surface area contributed by atoms with Crippen LogP contribution in [-0.4, -0.2) is 14.5 Å². The summed E-state index contributed by atoms with van der Waals surface area (Å²) in [5.41, 5.74) is 2.18. The van der Waals surface area contributed by atoms with E-state index in [-0.39, 0.29) is 0 Å². The quantitative estimate of drug-likeness (QED) is 0.572. The van der Waals surface area contributed by atoms with Gasteiger partial charge in [-0.1, -0.05) is 36.4 Å². The van der Waals surface area contributed by atoms with Gasteiger partial charge in [-0.05, 0) is 29.8 Å². The van der Waals surface area contributed by atoms with Crippen molar-refractivity contribution >= 4 is 10.9 Å². The molecule has 0 fully saturated rings. The maximum Gasteiger partial charge on any atom is 0.234 e. The largest absolute Gasteiger partial charge is 0.488 e. The lowest BCUT2D eigenvalue weighted by Gasteiger charge is -2.08. The Morgan fingerprint density at radius 3 is 2.48 bits per heavy atom. The number of fused-ring (bicyclic) bond motifs is 1. The first-order chi connectivity index (χ1) is 11.4. The van der Waals surface area contributed by atoms with Gasteiger partial charge in [-0.25, -0.2) is 9.97 Å². The summed E-state index contributed by atoms with van der Waals surface area (Å²) in [4.78, 5) is 8.61. The normalized spacial score (nSPS) is 10.8. The highest BCUT2D eigenvalue weighted by Gasteiger charge is 2.09. The monoisotopic (exact) mass is 301 g/mol. The van der Waals surface area contributed by atoms with E-state index in [2.05, 4.69) is 22.1 Å². The molecule has 0 N–H and O–H groups in total. The molecule has 4 heteroatoms. The molecular weight excluding hydrogens is 286 g/mol. The van der Waals surface area contributed by atoms with E-state index in [4.69, 9.17) is 4.74 Å². The summed E-state index contributed by atoms with van der Waals surface area (Å²) in [5, 5.41) is 1.05. The average Bonchev–Trinajstić information content (AvgIpc) is 3.06. The molecule has 0 saturated carbocycles. The minimum Gasteiger partial charge on any atom is -0.488 e. The minimum absolute atomic E-state index is 0.549. The van der Waals surface area contributed by atoms with E-state index >= 15 is 0 Å². The second kappa shape index (κ2) is 5.93. The maximum absolute atomic E-state index is 6.00. The maximum atomic E-state index is 6.00. The lowest BCUT2D eigenvalue weighted by Crippen LogP contribution is -1.98. The van der Waals surface area contributed by atoms with Gasteiger partial charge in [-0.15, -0.1) is 0 Å². The topological polar surface area (TPSA) is 39.9 Å². The van der Waals surface area contributed by atoms with Gasteiger partial charge < -0.3 is 4.74 Å². The smallest absolute Gasteiger partial charge is 0.234 e. The van der Waals surface area contributed by atoms with Gasteiger partial charge in [-0.3, -0.25) is 4.57 Å². The first kappa shape index (κ1) is 13.5. The van der Waals surface area contributed by atoms with Crippen LogP contribution >= 0.6 is 0 Å². The highest BCUT2D eigenvalue weighted by molar-refractivity contribution is 5.87. The van der Waals surface area contributed by atoms with Crippen molar-refractivity contribution in [3.8, 4) is 11.7 Å².